The summed E-state index contributed by atoms with van der Waals surface area (Å²) in [7, 11) is 0. The Balaban J connectivity index is 2.24. The molecule has 0 spiro atoms. The minimum Gasteiger partial charge on any atom is -0.394 e. The SMILES string of the molecule is CCCOC1C(CO)OC(n2cc(F)c(=O)n(C/C=C(\C)CC/C=C(\C)CCC=C(C)C)c2=O)C1OCCC. The lowest BCUT2D eigenvalue weighted by Gasteiger charge is -2.25. The van der Waals surface area contributed by atoms with Crippen molar-refractivity contribution in [2.75, 3.05) is 19.8 Å². The molecule has 2 rings (SSSR count). The number of halogens is 1. The summed E-state index contributed by atoms with van der Waals surface area (Å²) >= 11 is 0. The maximum atomic E-state index is 14.8. The Morgan fingerprint density at radius 1 is 0.974 bits per heavy atom. The highest BCUT2D eigenvalue weighted by atomic mass is 19.1. The third-order valence-electron chi connectivity index (χ3n) is 6.67. The van der Waals surface area contributed by atoms with Crippen LogP contribution in [0.3, 0.4) is 0 Å². The van der Waals surface area contributed by atoms with Crippen molar-refractivity contribution in [3.63, 3.8) is 0 Å². The summed E-state index contributed by atoms with van der Waals surface area (Å²) in [4.78, 5) is 26.0. The minimum atomic E-state index is -1.06. The summed E-state index contributed by atoms with van der Waals surface area (Å²) in [5.41, 5.74) is 1.94. The van der Waals surface area contributed by atoms with Crippen LogP contribution in [0.1, 0.15) is 86.3 Å². The molecule has 1 saturated heterocycles. The molecule has 0 radical (unpaired) electrons. The fourth-order valence-corrected chi connectivity index (χ4v) is 4.48. The Bertz CT molecular complexity index is 1120. The molecule has 220 valence electrons. The van der Waals surface area contributed by atoms with Crippen LogP contribution in [0, 0.1) is 5.82 Å². The average molecular weight is 551 g/mol. The van der Waals surface area contributed by atoms with Crippen molar-refractivity contribution in [2.24, 2.45) is 0 Å². The number of hydrogen-bond donors (Lipinski definition) is 1. The molecule has 39 heavy (non-hydrogen) atoms. The zero-order valence-electron chi connectivity index (χ0n) is 24.5. The molecule has 0 bridgehead atoms. The lowest BCUT2D eigenvalue weighted by molar-refractivity contribution is -0.0812. The first kappa shape index (κ1) is 32.9. The molecule has 0 saturated carbocycles. The molecule has 4 atom stereocenters. The van der Waals surface area contributed by atoms with E-state index in [9.17, 15) is 19.1 Å². The smallest absolute Gasteiger partial charge is 0.333 e. The lowest BCUT2D eigenvalue weighted by Crippen LogP contribution is -2.45. The number of hydrogen-bond acceptors (Lipinski definition) is 6. The fourth-order valence-electron chi connectivity index (χ4n) is 4.48. The zero-order valence-corrected chi connectivity index (χ0v) is 24.5. The van der Waals surface area contributed by atoms with Crippen LogP contribution >= 0.6 is 0 Å². The fraction of sp³-hybridized carbons (Fsp3) is 0.667. The molecule has 1 aromatic rings. The summed E-state index contributed by atoms with van der Waals surface area (Å²) in [5, 5.41) is 9.89. The van der Waals surface area contributed by atoms with Crippen LogP contribution in [0.15, 0.2) is 50.7 Å². The summed E-state index contributed by atoms with van der Waals surface area (Å²) in [6.45, 7) is 12.5. The molecule has 1 aromatic heterocycles. The number of nitrogens with zero attached hydrogens (tertiary/aromatic N) is 2. The third-order valence-corrected chi connectivity index (χ3v) is 6.67. The molecule has 0 aliphatic carbocycles. The number of aromatic nitrogens is 2. The maximum Gasteiger partial charge on any atom is 0.333 e. The van der Waals surface area contributed by atoms with Gasteiger partial charge in [-0.05, 0) is 66.2 Å². The van der Waals surface area contributed by atoms with Gasteiger partial charge in [0.1, 0.15) is 18.3 Å². The first-order chi connectivity index (χ1) is 18.6. The van der Waals surface area contributed by atoms with Crippen molar-refractivity contribution < 1.29 is 23.7 Å². The number of allylic oxidation sites excluding steroid dienone is 6. The van der Waals surface area contributed by atoms with Crippen molar-refractivity contribution in [1.29, 1.82) is 0 Å². The number of aliphatic hydroxyl groups excluding tert-OH is 1. The van der Waals surface area contributed by atoms with Gasteiger partial charge in [-0.3, -0.25) is 13.9 Å². The zero-order chi connectivity index (χ0) is 28.9. The van der Waals surface area contributed by atoms with Gasteiger partial charge in [0.25, 0.3) is 5.56 Å². The van der Waals surface area contributed by atoms with Crippen LogP contribution in [-0.2, 0) is 20.8 Å². The Morgan fingerprint density at radius 3 is 2.15 bits per heavy atom. The molecule has 2 heterocycles. The van der Waals surface area contributed by atoms with Crippen molar-refractivity contribution in [3.8, 4) is 0 Å². The van der Waals surface area contributed by atoms with E-state index in [1.807, 2.05) is 20.8 Å². The van der Waals surface area contributed by atoms with Crippen molar-refractivity contribution >= 4 is 0 Å². The summed E-state index contributed by atoms with van der Waals surface area (Å²) in [5.74, 6) is -1.06. The summed E-state index contributed by atoms with van der Waals surface area (Å²) < 4.78 is 34.5. The summed E-state index contributed by atoms with van der Waals surface area (Å²) in [6.07, 6.45) is 9.01. The predicted molar refractivity (Wildman–Crippen MR) is 151 cm³/mol. The van der Waals surface area contributed by atoms with Crippen LogP contribution in [-0.4, -0.2) is 52.4 Å². The Kier molecular flexibility index (Phi) is 14.1. The van der Waals surface area contributed by atoms with Gasteiger partial charge < -0.3 is 19.3 Å². The second kappa shape index (κ2) is 16.7. The van der Waals surface area contributed by atoms with E-state index in [1.54, 1.807) is 6.08 Å². The topological polar surface area (TPSA) is 91.9 Å². The normalized spacial score (nSPS) is 21.9. The summed E-state index contributed by atoms with van der Waals surface area (Å²) in [6, 6.07) is 0. The molecular weight excluding hydrogens is 503 g/mol. The lowest BCUT2D eigenvalue weighted by atomic mass is 10.1. The van der Waals surface area contributed by atoms with E-state index in [0.717, 1.165) is 53.0 Å². The van der Waals surface area contributed by atoms with Gasteiger partial charge >= 0.3 is 5.69 Å². The van der Waals surface area contributed by atoms with Crippen LogP contribution in [0.4, 0.5) is 4.39 Å². The van der Waals surface area contributed by atoms with E-state index in [1.165, 1.54) is 11.1 Å². The highest BCUT2D eigenvalue weighted by Gasteiger charge is 2.47. The Labute approximate surface area is 231 Å². The van der Waals surface area contributed by atoms with Crippen molar-refractivity contribution in [1.82, 2.24) is 9.13 Å². The van der Waals surface area contributed by atoms with E-state index in [4.69, 9.17) is 14.2 Å². The number of ether oxygens (including phenoxy) is 3. The maximum absolute atomic E-state index is 14.8. The molecule has 8 nitrogen and oxygen atoms in total. The van der Waals surface area contributed by atoms with Gasteiger partial charge in [-0.1, -0.05) is 48.8 Å². The predicted octanol–water partition coefficient (Wildman–Crippen LogP) is 5.05. The van der Waals surface area contributed by atoms with Gasteiger partial charge in [-0.25, -0.2) is 4.79 Å². The monoisotopic (exact) mass is 550 g/mol. The molecule has 1 aliphatic rings. The van der Waals surface area contributed by atoms with E-state index >= 15 is 0 Å². The number of rotatable bonds is 16. The van der Waals surface area contributed by atoms with Gasteiger partial charge in [0.05, 0.1) is 12.8 Å². The molecule has 4 unspecified atom stereocenters. The second-order valence-corrected chi connectivity index (χ2v) is 10.5. The number of aliphatic hydroxyl groups is 1. The second-order valence-electron chi connectivity index (χ2n) is 10.5. The van der Waals surface area contributed by atoms with Gasteiger partial charge in [-0.15, -0.1) is 0 Å². The van der Waals surface area contributed by atoms with Gasteiger partial charge in [0, 0.05) is 19.8 Å². The van der Waals surface area contributed by atoms with E-state index in [0.29, 0.717) is 19.6 Å². The largest absolute Gasteiger partial charge is 0.394 e. The molecule has 1 N–H and O–H groups in total. The standard InChI is InChI=1S/C30H47FN2O6/c1-7-17-37-26-25(20-34)39-29(27(26)38-18-8-2)33-19-24(31)28(35)32(30(33)36)16-15-23(6)14-10-13-22(5)12-9-11-21(3)4/h11,13,15,19,25-27,29,34H,7-10,12,14,16-18,20H2,1-6H3/b22-13+,23-15+. The van der Waals surface area contributed by atoms with E-state index in [-0.39, 0.29) is 13.2 Å². The van der Waals surface area contributed by atoms with Gasteiger partial charge in [-0.2, -0.15) is 4.39 Å². The molecule has 9 heteroatoms. The molecular formula is C30H47FN2O6. The van der Waals surface area contributed by atoms with Crippen molar-refractivity contribution in [2.45, 2.75) is 111 Å². The minimum absolute atomic E-state index is 0.0586. The highest BCUT2D eigenvalue weighted by molar-refractivity contribution is 5.06. The van der Waals surface area contributed by atoms with Crippen LogP contribution in [0.5, 0.6) is 0 Å². The Morgan fingerprint density at radius 2 is 1.56 bits per heavy atom. The molecule has 0 amide bonds. The van der Waals surface area contributed by atoms with E-state index in [2.05, 4.69) is 32.9 Å². The first-order valence-corrected chi connectivity index (χ1v) is 14.1. The molecule has 1 fully saturated rings. The average Bonchev–Trinajstić information content (AvgIpc) is 3.24. The third kappa shape index (κ3) is 9.67. The molecule has 0 aromatic carbocycles. The van der Waals surface area contributed by atoms with Crippen LogP contribution in [0.2, 0.25) is 0 Å². The van der Waals surface area contributed by atoms with Crippen LogP contribution in [0.25, 0.3) is 0 Å². The Hall–Kier alpha value is -2.33. The van der Waals surface area contributed by atoms with Crippen molar-refractivity contribution in [3.05, 3.63) is 67.8 Å². The van der Waals surface area contributed by atoms with E-state index < -0.39 is 41.6 Å². The van der Waals surface area contributed by atoms with Gasteiger partial charge in [0.15, 0.2) is 6.23 Å². The highest BCUT2D eigenvalue weighted by Crippen LogP contribution is 2.33. The van der Waals surface area contributed by atoms with Gasteiger partial charge in [0.2, 0.25) is 5.82 Å². The quantitative estimate of drug-likeness (QED) is 0.290. The van der Waals surface area contributed by atoms with Crippen LogP contribution < -0.4 is 11.2 Å². The molecule has 1 aliphatic heterocycles. The first-order valence-electron chi connectivity index (χ1n) is 14.1.